The first kappa shape index (κ1) is 9.15. The van der Waals surface area contributed by atoms with E-state index in [9.17, 15) is 15.0 Å². The van der Waals surface area contributed by atoms with Crippen molar-refractivity contribution in [3.63, 3.8) is 0 Å². The van der Waals surface area contributed by atoms with E-state index in [1.54, 1.807) is 0 Å². The van der Waals surface area contributed by atoms with Crippen molar-refractivity contribution in [2.75, 3.05) is 7.05 Å². The lowest BCUT2D eigenvalue weighted by Crippen LogP contribution is -2.58. The first-order chi connectivity index (χ1) is 5.37. The first-order valence-corrected chi connectivity index (χ1v) is 3.60. The molecule has 0 saturated carbocycles. The van der Waals surface area contributed by atoms with Crippen LogP contribution in [0.2, 0.25) is 0 Å². The molecule has 2 unspecified atom stereocenters. The van der Waals surface area contributed by atoms with E-state index in [-0.39, 0.29) is 5.71 Å². The second kappa shape index (κ2) is 2.53. The molecule has 0 aliphatic carbocycles. The van der Waals surface area contributed by atoms with Crippen LogP contribution in [-0.4, -0.2) is 45.7 Å². The molecule has 1 aliphatic rings. The number of hydrogen-bond donors (Lipinski definition) is 2. The zero-order chi connectivity index (χ0) is 9.52. The molecule has 0 bridgehead atoms. The number of nitrogens with zero attached hydrogens (tertiary/aromatic N) is 2. The summed E-state index contributed by atoms with van der Waals surface area (Å²) in [5.41, 5.74) is -1.21. The molecule has 5 heteroatoms. The zero-order valence-electron chi connectivity index (χ0n) is 7.27. The van der Waals surface area contributed by atoms with E-state index in [0.29, 0.717) is 0 Å². The highest BCUT2D eigenvalue weighted by atomic mass is 16.4. The van der Waals surface area contributed by atoms with Gasteiger partial charge >= 0.3 is 6.03 Å². The Balaban J connectivity index is 3.09. The number of hydrogen-bond acceptors (Lipinski definition) is 3. The fraction of sp³-hybridized carbons (Fsp3) is 0.714. The number of aliphatic hydroxyl groups is 2. The largest absolute Gasteiger partial charge is 0.379 e. The molecule has 1 rings (SSSR count). The van der Waals surface area contributed by atoms with Crippen molar-refractivity contribution in [2.45, 2.75) is 25.7 Å². The Morgan fingerprint density at radius 1 is 1.67 bits per heavy atom. The van der Waals surface area contributed by atoms with Gasteiger partial charge < -0.3 is 10.2 Å². The minimum absolute atomic E-state index is 0.234. The number of likely N-dealkylation sites (N-methyl/N-ethyl adjacent to an activating group) is 1. The van der Waals surface area contributed by atoms with Crippen molar-refractivity contribution in [3.8, 4) is 0 Å². The van der Waals surface area contributed by atoms with E-state index in [2.05, 4.69) is 4.99 Å². The Morgan fingerprint density at radius 2 is 2.17 bits per heavy atom. The predicted octanol–water partition coefficient (Wildman–Crippen LogP) is -0.418. The summed E-state index contributed by atoms with van der Waals surface area (Å²) in [5, 5.41) is 19.0. The van der Waals surface area contributed by atoms with Crippen LogP contribution in [0.15, 0.2) is 4.99 Å². The highest BCUT2D eigenvalue weighted by Crippen LogP contribution is 2.20. The Morgan fingerprint density at radius 3 is 2.67 bits per heavy atom. The topological polar surface area (TPSA) is 73.1 Å². The lowest BCUT2D eigenvalue weighted by molar-refractivity contribution is -0.0811. The maximum absolute atomic E-state index is 11.0. The Bertz CT molecular complexity index is 247. The van der Waals surface area contributed by atoms with Gasteiger partial charge in [0.1, 0.15) is 5.60 Å². The monoisotopic (exact) mass is 172 g/mol. The summed E-state index contributed by atoms with van der Waals surface area (Å²) < 4.78 is 0. The number of carbonyl (C=O) groups is 1. The maximum atomic E-state index is 11.0. The van der Waals surface area contributed by atoms with Crippen molar-refractivity contribution in [1.82, 2.24) is 4.90 Å². The van der Waals surface area contributed by atoms with Crippen LogP contribution in [0.4, 0.5) is 4.79 Å². The number of amides is 2. The molecule has 2 amide bonds. The SMILES string of the molecule is CC1=NC(=O)N(C)C(O)C1(C)O. The van der Waals surface area contributed by atoms with Crippen LogP contribution >= 0.6 is 0 Å². The number of aliphatic imine (C=N–C) groups is 1. The Labute approximate surface area is 70.3 Å². The van der Waals surface area contributed by atoms with Crippen molar-refractivity contribution in [1.29, 1.82) is 0 Å². The molecule has 12 heavy (non-hydrogen) atoms. The molecule has 0 aromatic rings. The van der Waals surface area contributed by atoms with Gasteiger partial charge in [0.15, 0.2) is 6.23 Å². The summed E-state index contributed by atoms with van der Waals surface area (Å²) in [6.07, 6.45) is -1.22. The van der Waals surface area contributed by atoms with Gasteiger partial charge in [0.2, 0.25) is 0 Å². The van der Waals surface area contributed by atoms with Gasteiger partial charge in [-0.1, -0.05) is 0 Å². The highest BCUT2D eigenvalue weighted by molar-refractivity contribution is 6.01. The van der Waals surface area contributed by atoms with Crippen LogP contribution < -0.4 is 0 Å². The van der Waals surface area contributed by atoms with Gasteiger partial charge in [-0.3, -0.25) is 4.90 Å². The molecule has 0 aromatic heterocycles. The smallest absolute Gasteiger partial charge is 0.345 e. The van der Waals surface area contributed by atoms with E-state index < -0.39 is 17.9 Å². The molecule has 0 fully saturated rings. The number of aliphatic hydroxyl groups excluding tert-OH is 1. The van der Waals surface area contributed by atoms with Gasteiger partial charge in [-0.05, 0) is 13.8 Å². The molecule has 1 heterocycles. The quantitative estimate of drug-likeness (QED) is 0.521. The standard InChI is InChI=1S/C7H12N2O3/c1-4-7(2,12)5(10)9(3)6(11)8-4/h5,10,12H,1-3H3. The van der Waals surface area contributed by atoms with E-state index in [1.807, 2.05) is 0 Å². The van der Waals surface area contributed by atoms with E-state index in [0.717, 1.165) is 4.90 Å². The molecular formula is C7H12N2O3. The Kier molecular flexibility index (Phi) is 1.93. The first-order valence-electron chi connectivity index (χ1n) is 3.60. The molecule has 0 aromatic carbocycles. The lowest BCUT2D eigenvalue weighted by Gasteiger charge is -2.37. The lowest BCUT2D eigenvalue weighted by atomic mass is 9.97. The van der Waals surface area contributed by atoms with Gasteiger partial charge in [-0.2, -0.15) is 4.99 Å². The maximum Gasteiger partial charge on any atom is 0.345 e. The van der Waals surface area contributed by atoms with Crippen LogP contribution in [-0.2, 0) is 0 Å². The van der Waals surface area contributed by atoms with Gasteiger partial charge in [-0.15, -0.1) is 0 Å². The predicted molar refractivity (Wildman–Crippen MR) is 42.9 cm³/mol. The van der Waals surface area contributed by atoms with E-state index in [4.69, 9.17) is 0 Å². The molecule has 2 N–H and O–H groups in total. The zero-order valence-corrected chi connectivity index (χ0v) is 7.27. The van der Waals surface area contributed by atoms with Crippen LogP contribution in [0, 0.1) is 0 Å². The highest BCUT2D eigenvalue weighted by Gasteiger charge is 2.42. The van der Waals surface area contributed by atoms with E-state index in [1.165, 1.54) is 20.9 Å². The van der Waals surface area contributed by atoms with Crippen molar-refractivity contribution in [3.05, 3.63) is 0 Å². The average molecular weight is 172 g/mol. The number of urea groups is 1. The normalized spacial score (nSPS) is 36.8. The second-order valence-corrected chi connectivity index (χ2v) is 3.11. The molecule has 0 saturated heterocycles. The van der Waals surface area contributed by atoms with E-state index >= 15 is 0 Å². The molecule has 68 valence electrons. The average Bonchev–Trinajstić information content (AvgIpc) is 1.99. The molecule has 1 aliphatic heterocycles. The van der Waals surface area contributed by atoms with Crippen LogP contribution in [0.25, 0.3) is 0 Å². The Hall–Kier alpha value is -0.940. The van der Waals surface area contributed by atoms with Crippen molar-refractivity contribution in [2.24, 2.45) is 4.99 Å². The van der Waals surface area contributed by atoms with Crippen LogP contribution in [0.3, 0.4) is 0 Å². The summed E-state index contributed by atoms with van der Waals surface area (Å²) in [5.74, 6) is 0. The minimum atomic E-state index is -1.44. The molecule has 2 atom stereocenters. The molecule has 0 spiro atoms. The van der Waals surface area contributed by atoms with Crippen molar-refractivity contribution < 1.29 is 15.0 Å². The van der Waals surface area contributed by atoms with Crippen LogP contribution in [0.5, 0.6) is 0 Å². The van der Waals surface area contributed by atoms with Gasteiger partial charge in [-0.25, -0.2) is 4.79 Å². The second-order valence-electron chi connectivity index (χ2n) is 3.11. The van der Waals surface area contributed by atoms with Crippen LogP contribution in [0.1, 0.15) is 13.8 Å². The third kappa shape index (κ3) is 1.11. The molecular weight excluding hydrogens is 160 g/mol. The van der Waals surface area contributed by atoms with Gasteiger partial charge in [0.05, 0.1) is 5.71 Å². The number of rotatable bonds is 0. The van der Waals surface area contributed by atoms with Gasteiger partial charge in [0.25, 0.3) is 0 Å². The third-order valence-electron chi connectivity index (χ3n) is 2.17. The molecule has 0 radical (unpaired) electrons. The van der Waals surface area contributed by atoms with Crippen molar-refractivity contribution >= 4 is 11.7 Å². The van der Waals surface area contributed by atoms with Gasteiger partial charge in [0, 0.05) is 7.05 Å². The summed E-state index contributed by atoms with van der Waals surface area (Å²) in [7, 11) is 1.39. The minimum Gasteiger partial charge on any atom is -0.379 e. The fourth-order valence-corrected chi connectivity index (χ4v) is 1.00. The summed E-state index contributed by atoms with van der Waals surface area (Å²) in [6.45, 7) is 2.92. The number of carbonyl (C=O) groups excluding carboxylic acids is 1. The summed E-state index contributed by atoms with van der Waals surface area (Å²) in [6, 6.07) is -0.536. The third-order valence-corrected chi connectivity index (χ3v) is 2.17. The summed E-state index contributed by atoms with van der Waals surface area (Å²) >= 11 is 0. The summed E-state index contributed by atoms with van der Waals surface area (Å²) in [4.78, 5) is 15.5. The molecule has 5 nitrogen and oxygen atoms in total. The fourth-order valence-electron chi connectivity index (χ4n) is 1.00.